The maximum atomic E-state index is 14.0. The molecular weight excluding hydrogens is 410 g/mol. The van der Waals surface area contributed by atoms with Crippen LogP contribution in [-0.4, -0.2) is 43.9 Å². The highest BCUT2D eigenvalue weighted by molar-refractivity contribution is 7.81. The molecule has 1 aliphatic heterocycles. The van der Waals surface area contributed by atoms with Gasteiger partial charge in [0.05, 0.1) is 16.5 Å². The summed E-state index contributed by atoms with van der Waals surface area (Å²) < 4.78 is 33.2. The number of fused-ring (bicyclic) bond motifs is 1. The highest BCUT2D eigenvalue weighted by atomic mass is 32.2. The lowest BCUT2D eigenvalue weighted by atomic mass is 10.1. The molecule has 0 radical (unpaired) electrons. The van der Waals surface area contributed by atoms with E-state index in [1.165, 1.54) is 6.07 Å². The molecule has 29 heavy (non-hydrogen) atoms. The van der Waals surface area contributed by atoms with Crippen LogP contribution < -0.4 is 15.4 Å². The summed E-state index contributed by atoms with van der Waals surface area (Å²) in [5.74, 6) is 0.863. The second-order valence-corrected chi connectivity index (χ2v) is 9.01. The van der Waals surface area contributed by atoms with Crippen LogP contribution in [0.3, 0.4) is 0 Å². The first kappa shape index (κ1) is 20.1. The highest BCUT2D eigenvalue weighted by Crippen LogP contribution is 2.27. The molecule has 0 bridgehead atoms. The summed E-state index contributed by atoms with van der Waals surface area (Å²) in [6.45, 7) is 1.59. The minimum Gasteiger partial charge on any atom is -0.454 e. The number of benzene rings is 2. The van der Waals surface area contributed by atoms with Crippen molar-refractivity contribution in [2.75, 3.05) is 24.7 Å². The molecule has 1 N–H and O–H groups in total. The molecule has 152 valence electrons. The smallest absolute Gasteiger partial charge is 0.223 e. The predicted octanol–water partition coefficient (Wildman–Crippen LogP) is 3.23. The van der Waals surface area contributed by atoms with E-state index in [9.17, 15) is 8.60 Å². The van der Waals surface area contributed by atoms with Crippen LogP contribution in [0.15, 0.2) is 42.6 Å². The number of anilines is 1. The lowest BCUT2D eigenvalue weighted by Crippen LogP contribution is -2.39. The fourth-order valence-electron chi connectivity index (χ4n) is 3.31. The monoisotopic (exact) mass is 432 g/mol. The predicted molar refractivity (Wildman–Crippen MR) is 118 cm³/mol. The molecule has 4 rings (SSSR count). The van der Waals surface area contributed by atoms with Gasteiger partial charge in [-0.1, -0.05) is 6.07 Å². The van der Waals surface area contributed by atoms with Crippen molar-refractivity contribution in [1.82, 2.24) is 14.3 Å². The Balaban J connectivity index is 1.45. The first-order valence-corrected chi connectivity index (χ1v) is 11.4. The molecule has 2 heterocycles. The summed E-state index contributed by atoms with van der Waals surface area (Å²) in [5, 5.41) is 4.94. The number of rotatable bonds is 5. The van der Waals surface area contributed by atoms with Crippen molar-refractivity contribution in [3.63, 3.8) is 0 Å². The van der Waals surface area contributed by atoms with Gasteiger partial charge in [0, 0.05) is 37.0 Å². The third-order valence-corrected chi connectivity index (χ3v) is 6.34. The van der Waals surface area contributed by atoms with E-state index in [0.717, 1.165) is 42.1 Å². The number of ether oxygens (including phenoxy) is 1. The van der Waals surface area contributed by atoms with E-state index < -0.39 is 16.8 Å². The maximum Gasteiger partial charge on any atom is 0.223 e. The van der Waals surface area contributed by atoms with Crippen molar-refractivity contribution in [3.05, 3.63) is 48.4 Å². The fourth-order valence-corrected chi connectivity index (χ4v) is 4.28. The fraction of sp³-hybridized carbons (Fsp3) is 0.300. The Hall–Kier alpha value is -2.15. The molecule has 2 unspecified atom stereocenters. The average molecular weight is 432 g/mol. The molecule has 0 spiro atoms. The van der Waals surface area contributed by atoms with Crippen molar-refractivity contribution in [2.45, 2.75) is 18.9 Å². The molecule has 6 nitrogen and oxygen atoms in total. The van der Waals surface area contributed by atoms with Crippen LogP contribution in [0.5, 0.6) is 11.5 Å². The third-order valence-electron chi connectivity index (χ3n) is 4.89. The molecule has 1 fully saturated rings. The maximum absolute atomic E-state index is 14.0. The van der Waals surface area contributed by atoms with Gasteiger partial charge in [-0.3, -0.25) is 0 Å². The third kappa shape index (κ3) is 4.89. The number of nitrogens with one attached hydrogen (secondary N) is 1. The van der Waals surface area contributed by atoms with Crippen molar-refractivity contribution in [3.8, 4) is 11.5 Å². The number of hydrogen-bond donors (Lipinski definition) is 1. The molecule has 1 saturated heterocycles. The van der Waals surface area contributed by atoms with Crippen LogP contribution in [0.25, 0.3) is 10.9 Å². The van der Waals surface area contributed by atoms with E-state index in [4.69, 9.17) is 4.74 Å². The Morgan fingerprint density at radius 2 is 2.03 bits per heavy atom. The summed E-state index contributed by atoms with van der Waals surface area (Å²) in [7, 11) is 1.54. The quantitative estimate of drug-likeness (QED) is 0.627. The Bertz CT molecular complexity index is 1060. The summed E-state index contributed by atoms with van der Waals surface area (Å²) >= 11 is 0. The van der Waals surface area contributed by atoms with Crippen LogP contribution in [0, 0.1) is 5.82 Å². The molecule has 2 atom stereocenters. The zero-order valence-electron chi connectivity index (χ0n) is 16.0. The molecule has 2 aromatic carbocycles. The van der Waals surface area contributed by atoms with Gasteiger partial charge in [0.15, 0.2) is 11.6 Å². The van der Waals surface area contributed by atoms with Crippen molar-refractivity contribution in [2.24, 2.45) is 0 Å². The highest BCUT2D eigenvalue weighted by Gasteiger charge is 2.21. The van der Waals surface area contributed by atoms with Crippen molar-refractivity contribution in [1.29, 1.82) is 0 Å². The first-order valence-electron chi connectivity index (χ1n) is 9.32. The van der Waals surface area contributed by atoms with Gasteiger partial charge in [0.2, 0.25) is 5.95 Å². The summed E-state index contributed by atoms with van der Waals surface area (Å²) in [5.41, 5.74) is 0.780. The number of aromatic nitrogens is 2. The van der Waals surface area contributed by atoms with E-state index in [0.29, 0.717) is 11.7 Å². The SMILES string of the molecule is CS(=O)N1CCC(Nc2ncc3cc(Oc4ccc(P)cc4F)ccc3n2)CC1. The summed E-state index contributed by atoms with van der Waals surface area (Å²) in [6.07, 6.45) is 5.24. The molecule has 0 amide bonds. The standard InChI is InChI=1S/C20H22FN4O2PS/c1-29(26)25-8-6-14(7-9-25)23-20-22-12-13-10-15(2-4-18(13)24-20)27-19-5-3-16(28)11-17(19)21/h2-5,10-12,14H,6-9,28H2,1H3,(H,22,23,24). The van der Waals surface area contributed by atoms with Gasteiger partial charge in [-0.05, 0) is 48.5 Å². The van der Waals surface area contributed by atoms with Crippen LogP contribution in [0.2, 0.25) is 0 Å². The minimum absolute atomic E-state index is 0.175. The van der Waals surface area contributed by atoms with Gasteiger partial charge < -0.3 is 10.1 Å². The van der Waals surface area contributed by atoms with Gasteiger partial charge in [0.1, 0.15) is 5.75 Å². The normalized spacial score (nSPS) is 16.7. The van der Waals surface area contributed by atoms with Crippen LogP contribution in [-0.2, 0) is 11.0 Å². The van der Waals surface area contributed by atoms with Gasteiger partial charge in [-0.15, -0.1) is 9.24 Å². The molecule has 1 aliphatic rings. The topological polar surface area (TPSA) is 67.4 Å². The van der Waals surface area contributed by atoms with E-state index in [1.54, 1.807) is 36.7 Å². The van der Waals surface area contributed by atoms with Gasteiger partial charge in [-0.2, -0.15) is 0 Å². The Kier molecular flexibility index (Phi) is 6.04. The minimum atomic E-state index is -0.914. The molecular formula is C20H22FN4O2PS. The zero-order chi connectivity index (χ0) is 20.4. The van der Waals surface area contributed by atoms with Crippen LogP contribution >= 0.6 is 9.24 Å². The zero-order valence-corrected chi connectivity index (χ0v) is 17.9. The molecule has 1 aromatic heterocycles. The molecule has 0 saturated carbocycles. The number of hydrogen-bond acceptors (Lipinski definition) is 5. The molecule has 9 heteroatoms. The van der Waals surface area contributed by atoms with Crippen molar-refractivity contribution >= 4 is 42.4 Å². The average Bonchev–Trinajstić information content (AvgIpc) is 2.70. The Morgan fingerprint density at radius 1 is 1.24 bits per heavy atom. The van der Waals surface area contributed by atoms with E-state index in [-0.39, 0.29) is 11.8 Å². The lowest BCUT2D eigenvalue weighted by molar-refractivity contribution is 0.346. The second-order valence-electron chi connectivity index (χ2n) is 6.98. The number of halogens is 1. The van der Waals surface area contributed by atoms with Gasteiger partial charge in [-0.25, -0.2) is 22.9 Å². The van der Waals surface area contributed by atoms with E-state index in [2.05, 4.69) is 24.5 Å². The number of nitrogens with zero attached hydrogens (tertiary/aromatic N) is 3. The van der Waals surface area contributed by atoms with Crippen LogP contribution in [0.1, 0.15) is 12.8 Å². The summed E-state index contributed by atoms with van der Waals surface area (Å²) in [4.78, 5) is 8.98. The number of piperidine rings is 1. The lowest BCUT2D eigenvalue weighted by Gasteiger charge is -2.30. The van der Waals surface area contributed by atoms with Gasteiger partial charge >= 0.3 is 0 Å². The molecule has 3 aromatic rings. The van der Waals surface area contributed by atoms with Crippen LogP contribution in [0.4, 0.5) is 10.3 Å². The Labute approximate surface area is 173 Å². The largest absolute Gasteiger partial charge is 0.454 e. The van der Waals surface area contributed by atoms with E-state index in [1.807, 2.05) is 10.4 Å². The summed E-state index contributed by atoms with van der Waals surface area (Å²) in [6, 6.07) is 10.4. The Morgan fingerprint density at radius 3 is 2.76 bits per heavy atom. The molecule has 0 aliphatic carbocycles. The van der Waals surface area contributed by atoms with Crippen molar-refractivity contribution < 1.29 is 13.3 Å². The second kappa shape index (κ2) is 8.69. The van der Waals surface area contributed by atoms with E-state index >= 15 is 0 Å². The first-order chi connectivity index (χ1) is 14.0. The van der Waals surface area contributed by atoms with Gasteiger partial charge in [0.25, 0.3) is 0 Å².